The average Bonchev–Trinajstić information content (AvgIpc) is 3.74. The molecule has 12 rings (SSSR count). The first-order chi connectivity index (χ1) is 30.7. The number of benzene rings is 11. The zero-order valence-corrected chi connectivity index (χ0v) is 33.9. The van der Waals surface area contributed by atoms with Gasteiger partial charge in [-0.2, -0.15) is 0 Å². The molecule has 0 amide bonds. The lowest BCUT2D eigenvalue weighted by Gasteiger charge is -2.26. The number of anilines is 3. The van der Waals surface area contributed by atoms with Crippen LogP contribution >= 0.6 is 0 Å². The van der Waals surface area contributed by atoms with Crippen molar-refractivity contribution in [1.82, 2.24) is 0 Å². The third kappa shape index (κ3) is 6.29. The summed E-state index contributed by atoms with van der Waals surface area (Å²) in [6, 6.07) is 85.5. The first kappa shape index (κ1) is 35.7. The van der Waals surface area contributed by atoms with Gasteiger partial charge in [-0.05, 0) is 137 Å². The maximum absolute atomic E-state index is 6.25. The highest BCUT2D eigenvalue weighted by molar-refractivity contribution is 6.12. The Morgan fingerprint density at radius 2 is 0.758 bits per heavy atom. The van der Waals surface area contributed by atoms with Gasteiger partial charge in [0.05, 0.1) is 0 Å². The quantitative estimate of drug-likeness (QED) is 0.150. The number of fused-ring (bicyclic) bond motifs is 7. The predicted octanol–water partition coefficient (Wildman–Crippen LogP) is 17.2. The van der Waals surface area contributed by atoms with E-state index in [2.05, 4.69) is 229 Å². The fourth-order valence-corrected chi connectivity index (χ4v) is 9.29. The van der Waals surface area contributed by atoms with Crippen molar-refractivity contribution >= 4 is 71.3 Å². The van der Waals surface area contributed by atoms with Crippen LogP contribution in [0.5, 0.6) is 0 Å². The molecule has 0 bridgehead atoms. The molecule has 1 aromatic heterocycles. The molecule has 290 valence electrons. The van der Waals surface area contributed by atoms with Crippen LogP contribution in [0.1, 0.15) is 0 Å². The monoisotopic (exact) mass is 789 g/mol. The van der Waals surface area contributed by atoms with Crippen molar-refractivity contribution in [3.63, 3.8) is 0 Å². The minimum absolute atomic E-state index is 0.900. The molecule has 12 aromatic rings. The van der Waals surface area contributed by atoms with Crippen LogP contribution in [0.3, 0.4) is 0 Å². The number of nitrogens with zero attached hydrogens (tertiary/aromatic N) is 1. The molecule has 0 unspecified atom stereocenters. The summed E-state index contributed by atoms with van der Waals surface area (Å²) in [6.45, 7) is 0. The van der Waals surface area contributed by atoms with E-state index in [-0.39, 0.29) is 0 Å². The molecular formula is C60H39NO. The second-order valence-corrected chi connectivity index (χ2v) is 16.1. The number of hydrogen-bond donors (Lipinski definition) is 0. The van der Waals surface area contributed by atoms with Crippen molar-refractivity contribution in [3.05, 3.63) is 237 Å². The second kappa shape index (κ2) is 14.8. The summed E-state index contributed by atoms with van der Waals surface area (Å²) in [4.78, 5) is 2.36. The molecule has 2 heteroatoms. The highest BCUT2D eigenvalue weighted by Crippen LogP contribution is 2.41. The molecule has 2 nitrogen and oxygen atoms in total. The highest BCUT2D eigenvalue weighted by Gasteiger charge is 2.17. The molecule has 0 saturated carbocycles. The molecule has 0 aliphatic carbocycles. The van der Waals surface area contributed by atoms with E-state index in [0.717, 1.165) is 50.1 Å². The van der Waals surface area contributed by atoms with Gasteiger partial charge in [-0.25, -0.2) is 0 Å². The topological polar surface area (TPSA) is 16.4 Å². The lowest BCUT2D eigenvalue weighted by Crippen LogP contribution is -2.10. The lowest BCUT2D eigenvalue weighted by molar-refractivity contribution is 0.669. The second-order valence-electron chi connectivity index (χ2n) is 16.1. The zero-order valence-electron chi connectivity index (χ0n) is 33.9. The molecule has 0 saturated heterocycles. The summed E-state index contributed by atoms with van der Waals surface area (Å²) in [6.07, 6.45) is 0. The van der Waals surface area contributed by atoms with Crippen molar-refractivity contribution in [2.75, 3.05) is 4.90 Å². The highest BCUT2D eigenvalue weighted by atomic mass is 16.3. The summed E-state index contributed by atoms with van der Waals surface area (Å²) < 4.78 is 6.25. The maximum Gasteiger partial charge on any atom is 0.136 e. The van der Waals surface area contributed by atoms with Crippen molar-refractivity contribution in [1.29, 1.82) is 0 Å². The van der Waals surface area contributed by atoms with Gasteiger partial charge < -0.3 is 9.32 Å². The van der Waals surface area contributed by atoms with Crippen LogP contribution in [-0.4, -0.2) is 0 Å². The maximum atomic E-state index is 6.25. The number of furan rings is 1. The molecule has 0 spiro atoms. The van der Waals surface area contributed by atoms with Crippen LogP contribution in [-0.2, 0) is 0 Å². The smallest absolute Gasteiger partial charge is 0.136 e. The van der Waals surface area contributed by atoms with E-state index < -0.39 is 0 Å². The van der Waals surface area contributed by atoms with Crippen molar-refractivity contribution in [2.45, 2.75) is 0 Å². The van der Waals surface area contributed by atoms with Gasteiger partial charge >= 0.3 is 0 Å². The van der Waals surface area contributed by atoms with Gasteiger partial charge in [0, 0.05) is 27.8 Å². The van der Waals surface area contributed by atoms with E-state index in [1.54, 1.807) is 0 Å². The third-order valence-corrected chi connectivity index (χ3v) is 12.4. The molecule has 11 aromatic carbocycles. The normalized spacial score (nSPS) is 11.5. The Bertz CT molecular complexity index is 3620. The number of hydrogen-bond acceptors (Lipinski definition) is 2. The Morgan fingerprint density at radius 1 is 0.258 bits per heavy atom. The SMILES string of the molecule is c1cc(-c2ccc3ccccc3c2)cc(N(c2ccc(-c3ccc(-c4ccc5ccc6ccccc6c5c4)cc3)cc2)c2ccc(-c3cccc4oc5ccccc5c34)cc2)c1. The lowest BCUT2D eigenvalue weighted by atomic mass is 9.96. The first-order valence-electron chi connectivity index (χ1n) is 21.2. The minimum Gasteiger partial charge on any atom is -0.456 e. The standard InChI is InChI=1S/C60H39NO/c1-2-11-47-37-49(27-23-40(47)9-1)48-12-7-13-53(38-48)61(52-35-31-45(32-36-52)55-16-8-18-59-60(55)56-15-5-6-17-58(56)62-59)51-33-29-42(30-34-51)41-19-21-43(22-20-41)50-28-26-46-25-24-44-10-3-4-14-54(44)57(46)39-50/h1-39H. The Balaban J connectivity index is 0.905. The van der Waals surface area contributed by atoms with E-state index in [4.69, 9.17) is 4.42 Å². The summed E-state index contributed by atoms with van der Waals surface area (Å²) in [5, 5.41) is 9.84. The summed E-state index contributed by atoms with van der Waals surface area (Å²) in [7, 11) is 0. The van der Waals surface area contributed by atoms with E-state index in [1.165, 1.54) is 65.7 Å². The van der Waals surface area contributed by atoms with Crippen LogP contribution in [0.25, 0.3) is 98.8 Å². The van der Waals surface area contributed by atoms with Crippen LogP contribution in [0.4, 0.5) is 17.1 Å². The zero-order chi connectivity index (χ0) is 41.0. The Hall–Kier alpha value is -8.20. The molecule has 0 radical (unpaired) electrons. The fourth-order valence-electron chi connectivity index (χ4n) is 9.29. The molecule has 0 atom stereocenters. The van der Waals surface area contributed by atoms with E-state index >= 15 is 0 Å². The van der Waals surface area contributed by atoms with Gasteiger partial charge in [-0.1, -0.05) is 176 Å². The molecule has 0 fully saturated rings. The Kier molecular flexibility index (Phi) is 8.53. The first-order valence-corrected chi connectivity index (χ1v) is 21.2. The van der Waals surface area contributed by atoms with Crippen molar-refractivity contribution in [3.8, 4) is 44.5 Å². The van der Waals surface area contributed by atoms with Crippen LogP contribution in [0, 0.1) is 0 Å². The van der Waals surface area contributed by atoms with E-state index in [0.29, 0.717) is 0 Å². The van der Waals surface area contributed by atoms with Crippen LogP contribution in [0.15, 0.2) is 241 Å². The summed E-state index contributed by atoms with van der Waals surface area (Å²) >= 11 is 0. The van der Waals surface area contributed by atoms with Gasteiger partial charge in [-0.3, -0.25) is 0 Å². The summed E-state index contributed by atoms with van der Waals surface area (Å²) in [5.74, 6) is 0. The molecule has 0 N–H and O–H groups in total. The van der Waals surface area contributed by atoms with Crippen molar-refractivity contribution in [2.24, 2.45) is 0 Å². The Labute approximate surface area is 360 Å². The molecule has 1 heterocycles. The van der Waals surface area contributed by atoms with E-state index in [1.807, 2.05) is 12.1 Å². The van der Waals surface area contributed by atoms with Crippen LogP contribution in [0.2, 0.25) is 0 Å². The van der Waals surface area contributed by atoms with Gasteiger partial charge in [0.2, 0.25) is 0 Å². The van der Waals surface area contributed by atoms with Gasteiger partial charge in [0.15, 0.2) is 0 Å². The molecule has 0 aliphatic heterocycles. The largest absolute Gasteiger partial charge is 0.456 e. The molecule has 0 aliphatic rings. The molecule has 62 heavy (non-hydrogen) atoms. The number of rotatable bonds is 7. The van der Waals surface area contributed by atoms with Gasteiger partial charge in [-0.15, -0.1) is 0 Å². The summed E-state index contributed by atoms with van der Waals surface area (Å²) in [5.41, 5.74) is 14.5. The van der Waals surface area contributed by atoms with Crippen LogP contribution < -0.4 is 4.90 Å². The van der Waals surface area contributed by atoms with Gasteiger partial charge in [0.1, 0.15) is 11.2 Å². The Morgan fingerprint density at radius 3 is 1.52 bits per heavy atom. The van der Waals surface area contributed by atoms with Crippen molar-refractivity contribution < 1.29 is 4.42 Å². The average molecular weight is 790 g/mol. The van der Waals surface area contributed by atoms with Gasteiger partial charge in [0.25, 0.3) is 0 Å². The van der Waals surface area contributed by atoms with E-state index in [9.17, 15) is 0 Å². The predicted molar refractivity (Wildman–Crippen MR) is 263 cm³/mol. The third-order valence-electron chi connectivity index (χ3n) is 12.4. The minimum atomic E-state index is 0.900. The molecular weight excluding hydrogens is 751 g/mol. The number of para-hydroxylation sites is 1. The fraction of sp³-hybridized carbons (Fsp3) is 0.